The van der Waals surface area contributed by atoms with E-state index in [1.807, 2.05) is 0 Å². The van der Waals surface area contributed by atoms with Gasteiger partial charge in [0.05, 0.1) is 6.61 Å². The maximum Gasteiger partial charge on any atom is 0.326 e. The molecule has 0 aliphatic carbocycles. The number of carboxylic acid groups (broad SMARTS) is 1. The number of ether oxygens (including phenoxy) is 1. The third-order valence-corrected chi connectivity index (χ3v) is 2.82. The van der Waals surface area contributed by atoms with Gasteiger partial charge in [0, 0.05) is 13.2 Å². The second-order valence-electron chi connectivity index (χ2n) is 4.24. The highest BCUT2D eigenvalue weighted by molar-refractivity contribution is 5.82. The Kier molecular flexibility index (Phi) is 5.76. The molecule has 1 saturated heterocycles. The van der Waals surface area contributed by atoms with E-state index in [1.165, 1.54) is 0 Å². The maximum absolute atomic E-state index is 11.4. The molecule has 3 N–H and O–H groups in total. The van der Waals surface area contributed by atoms with Crippen molar-refractivity contribution in [2.24, 2.45) is 5.92 Å². The molecular formula is C11H20N2O4. The van der Waals surface area contributed by atoms with Crippen molar-refractivity contribution >= 4 is 12.0 Å². The number of carboxylic acids is 1. The minimum atomic E-state index is -1.01. The van der Waals surface area contributed by atoms with Gasteiger partial charge in [0.1, 0.15) is 6.04 Å². The van der Waals surface area contributed by atoms with Crippen molar-refractivity contribution < 1.29 is 19.4 Å². The van der Waals surface area contributed by atoms with E-state index < -0.39 is 18.0 Å². The van der Waals surface area contributed by atoms with E-state index in [0.717, 1.165) is 19.4 Å². The fourth-order valence-corrected chi connectivity index (χ4v) is 1.75. The number of carbonyl (C=O) groups is 2. The Labute approximate surface area is 101 Å². The first-order chi connectivity index (χ1) is 8.13. The van der Waals surface area contributed by atoms with E-state index in [1.54, 1.807) is 6.92 Å². The lowest BCUT2D eigenvalue weighted by Crippen LogP contribution is -2.47. The van der Waals surface area contributed by atoms with Crippen LogP contribution in [0.15, 0.2) is 0 Å². The molecule has 1 aliphatic rings. The van der Waals surface area contributed by atoms with Gasteiger partial charge in [-0.05, 0) is 25.2 Å². The molecule has 0 aromatic rings. The molecule has 0 aromatic heterocycles. The van der Waals surface area contributed by atoms with Crippen LogP contribution < -0.4 is 10.6 Å². The number of hydrogen-bond donors (Lipinski definition) is 3. The van der Waals surface area contributed by atoms with Crippen LogP contribution in [-0.4, -0.2) is 42.9 Å². The average Bonchev–Trinajstić information content (AvgIpc) is 2.34. The van der Waals surface area contributed by atoms with Crippen LogP contribution >= 0.6 is 0 Å². The van der Waals surface area contributed by atoms with Gasteiger partial charge in [-0.15, -0.1) is 0 Å². The minimum Gasteiger partial charge on any atom is -0.480 e. The van der Waals surface area contributed by atoms with Crippen LogP contribution in [0.2, 0.25) is 0 Å². The SMILES string of the molecule is CCC(NC(=O)NCC1CCCOC1)C(=O)O. The maximum atomic E-state index is 11.4. The largest absolute Gasteiger partial charge is 0.480 e. The molecule has 0 radical (unpaired) electrons. The van der Waals surface area contributed by atoms with E-state index in [9.17, 15) is 9.59 Å². The number of amides is 2. The summed E-state index contributed by atoms with van der Waals surface area (Å²) in [7, 11) is 0. The van der Waals surface area contributed by atoms with Crippen molar-refractivity contribution in [1.29, 1.82) is 0 Å². The monoisotopic (exact) mass is 244 g/mol. The smallest absolute Gasteiger partial charge is 0.326 e. The van der Waals surface area contributed by atoms with Gasteiger partial charge in [-0.25, -0.2) is 9.59 Å². The molecule has 0 spiro atoms. The number of hydrogen-bond acceptors (Lipinski definition) is 3. The molecule has 0 bridgehead atoms. The van der Waals surface area contributed by atoms with E-state index in [4.69, 9.17) is 9.84 Å². The fourth-order valence-electron chi connectivity index (χ4n) is 1.75. The first-order valence-electron chi connectivity index (χ1n) is 5.98. The minimum absolute atomic E-state index is 0.333. The van der Waals surface area contributed by atoms with Crippen LogP contribution in [0, 0.1) is 5.92 Å². The van der Waals surface area contributed by atoms with E-state index in [-0.39, 0.29) is 0 Å². The van der Waals surface area contributed by atoms with Gasteiger partial charge in [0.15, 0.2) is 0 Å². The topological polar surface area (TPSA) is 87.7 Å². The number of carbonyl (C=O) groups excluding carboxylic acids is 1. The molecule has 2 amide bonds. The van der Waals surface area contributed by atoms with Crippen LogP contribution in [0.5, 0.6) is 0 Å². The molecule has 0 saturated carbocycles. The summed E-state index contributed by atoms with van der Waals surface area (Å²) >= 11 is 0. The highest BCUT2D eigenvalue weighted by Gasteiger charge is 2.19. The molecule has 1 aliphatic heterocycles. The Bertz CT molecular complexity index is 264. The Morgan fingerprint density at radius 1 is 1.53 bits per heavy atom. The number of urea groups is 1. The fraction of sp³-hybridized carbons (Fsp3) is 0.818. The summed E-state index contributed by atoms with van der Waals surface area (Å²) in [6, 6.07) is -1.25. The molecule has 2 unspecified atom stereocenters. The van der Waals surface area contributed by atoms with Gasteiger partial charge >= 0.3 is 12.0 Å². The average molecular weight is 244 g/mol. The zero-order valence-electron chi connectivity index (χ0n) is 10.1. The summed E-state index contributed by atoms with van der Waals surface area (Å²) in [6.45, 7) is 3.70. The third-order valence-electron chi connectivity index (χ3n) is 2.82. The Morgan fingerprint density at radius 3 is 2.82 bits per heavy atom. The molecule has 1 heterocycles. The summed E-state index contributed by atoms with van der Waals surface area (Å²) in [4.78, 5) is 22.1. The number of rotatable bonds is 5. The van der Waals surface area contributed by atoms with Gasteiger partial charge < -0.3 is 20.5 Å². The van der Waals surface area contributed by atoms with Crippen molar-refractivity contribution in [3.8, 4) is 0 Å². The van der Waals surface area contributed by atoms with Crippen LogP contribution in [0.25, 0.3) is 0 Å². The Balaban J connectivity index is 2.21. The third kappa shape index (κ3) is 5.04. The van der Waals surface area contributed by atoms with E-state index in [0.29, 0.717) is 25.5 Å². The molecular weight excluding hydrogens is 224 g/mol. The second kappa shape index (κ2) is 7.11. The quantitative estimate of drug-likeness (QED) is 0.660. The zero-order chi connectivity index (χ0) is 12.7. The summed E-state index contributed by atoms with van der Waals surface area (Å²) in [5, 5.41) is 13.9. The van der Waals surface area contributed by atoms with Gasteiger partial charge in [-0.1, -0.05) is 6.92 Å². The summed E-state index contributed by atoms with van der Waals surface area (Å²) in [5.41, 5.74) is 0. The highest BCUT2D eigenvalue weighted by atomic mass is 16.5. The summed E-state index contributed by atoms with van der Waals surface area (Å²) < 4.78 is 5.29. The number of aliphatic carboxylic acids is 1. The van der Waals surface area contributed by atoms with Crippen molar-refractivity contribution in [3.63, 3.8) is 0 Å². The summed E-state index contributed by atoms with van der Waals surface area (Å²) in [6.07, 6.45) is 2.42. The van der Waals surface area contributed by atoms with Crippen LogP contribution in [0.1, 0.15) is 26.2 Å². The Morgan fingerprint density at radius 2 is 2.29 bits per heavy atom. The molecule has 6 heteroatoms. The molecule has 2 atom stereocenters. The second-order valence-corrected chi connectivity index (χ2v) is 4.24. The van der Waals surface area contributed by atoms with Crippen LogP contribution in [0.4, 0.5) is 4.79 Å². The molecule has 0 aromatic carbocycles. The highest BCUT2D eigenvalue weighted by Crippen LogP contribution is 2.11. The first-order valence-corrected chi connectivity index (χ1v) is 5.98. The molecule has 1 rings (SSSR count). The molecule has 6 nitrogen and oxygen atoms in total. The van der Waals surface area contributed by atoms with E-state index in [2.05, 4.69) is 10.6 Å². The van der Waals surface area contributed by atoms with Crippen LogP contribution in [0.3, 0.4) is 0 Å². The van der Waals surface area contributed by atoms with Gasteiger partial charge in [-0.3, -0.25) is 0 Å². The lowest BCUT2D eigenvalue weighted by molar-refractivity contribution is -0.139. The lowest BCUT2D eigenvalue weighted by Gasteiger charge is -2.22. The molecule has 98 valence electrons. The Hall–Kier alpha value is -1.30. The van der Waals surface area contributed by atoms with Gasteiger partial charge in [0.25, 0.3) is 0 Å². The van der Waals surface area contributed by atoms with Crippen LogP contribution in [-0.2, 0) is 9.53 Å². The normalized spacial score (nSPS) is 21.6. The van der Waals surface area contributed by atoms with Crippen molar-refractivity contribution in [2.45, 2.75) is 32.2 Å². The first kappa shape index (κ1) is 13.8. The van der Waals surface area contributed by atoms with E-state index >= 15 is 0 Å². The standard InChI is InChI=1S/C11H20N2O4/c1-2-9(10(14)15)13-11(16)12-6-8-4-3-5-17-7-8/h8-9H,2-7H2,1H3,(H,14,15)(H2,12,13,16). The number of nitrogens with one attached hydrogen (secondary N) is 2. The van der Waals surface area contributed by atoms with Gasteiger partial charge in [0.2, 0.25) is 0 Å². The van der Waals surface area contributed by atoms with Crippen molar-refractivity contribution in [2.75, 3.05) is 19.8 Å². The summed E-state index contributed by atoms with van der Waals surface area (Å²) in [5.74, 6) is -0.678. The van der Waals surface area contributed by atoms with Crippen molar-refractivity contribution in [3.05, 3.63) is 0 Å². The van der Waals surface area contributed by atoms with Gasteiger partial charge in [-0.2, -0.15) is 0 Å². The molecule has 1 fully saturated rings. The molecule has 17 heavy (non-hydrogen) atoms. The zero-order valence-corrected chi connectivity index (χ0v) is 10.1. The predicted molar refractivity (Wildman–Crippen MR) is 61.8 cm³/mol. The lowest BCUT2D eigenvalue weighted by atomic mass is 10.0. The van der Waals surface area contributed by atoms with Crippen molar-refractivity contribution in [1.82, 2.24) is 10.6 Å². The predicted octanol–water partition coefficient (Wildman–Crippen LogP) is 0.575.